The Morgan fingerprint density at radius 3 is 2.55 bits per heavy atom. The van der Waals surface area contributed by atoms with Crippen LogP contribution in [0.4, 0.5) is 0 Å². The molecule has 0 aliphatic heterocycles. The maximum Gasteiger partial charge on any atom is 0.257 e. The van der Waals surface area contributed by atoms with Gasteiger partial charge in [-0.15, -0.1) is 0 Å². The van der Waals surface area contributed by atoms with Crippen molar-refractivity contribution in [2.75, 3.05) is 13.7 Å². The molecule has 0 unspecified atom stereocenters. The van der Waals surface area contributed by atoms with Gasteiger partial charge in [-0.05, 0) is 61.8 Å². The van der Waals surface area contributed by atoms with E-state index in [1.807, 2.05) is 37.3 Å². The third-order valence-electron chi connectivity index (χ3n) is 5.73. The van der Waals surface area contributed by atoms with Gasteiger partial charge in [-0.25, -0.2) is 0 Å². The number of methoxy groups -OCH3 is 1. The van der Waals surface area contributed by atoms with Gasteiger partial charge in [0.05, 0.1) is 7.11 Å². The zero-order valence-electron chi connectivity index (χ0n) is 19.1. The summed E-state index contributed by atoms with van der Waals surface area (Å²) in [4.78, 5) is 26.0. The van der Waals surface area contributed by atoms with Crippen LogP contribution in [0.5, 0.6) is 11.5 Å². The van der Waals surface area contributed by atoms with Gasteiger partial charge in [-0.1, -0.05) is 43.0 Å². The highest BCUT2D eigenvalue weighted by Crippen LogP contribution is 2.30. The van der Waals surface area contributed by atoms with Gasteiger partial charge >= 0.3 is 0 Å². The molecule has 0 heterocycles. The fourth-order valence-corrected chi connectivity index (χ4v) is 4.37. The highest BCUT2D eigenvalue weighted by atomic mass is 32.1. The van der Waals surface area contributed by atoms with Crippen LogP contribution >= 0.6 is 12.2 Å². The summed E-state index contributed by atoms with van der Waals surface area (Å²) in [6.07, 6.45) is 5.54. The van der Waals surface area contributed by atoms with Crippen LogP contribution in [0.2, 0.25) is 0 Å². The van der Waals surface area contributed by atoms with Crippen molar-refractivity contribution in [1.82, 2.24) is 10.2 Å². The first-order chi connectivity index (χ1) is 15.9. The first kappa shape index (κ1) is 24.5. The van der Waals surface area contributed by atoms with E-state index in [9.17, 15) is 9.59 Å². The fraction of sp³-hybridized carbons (Fsp3) is 0.400. The zero-order valence-corrected chi connectivity index (χ0v) is 20.0. The predicted molar refractivity (Wildman–Crippen MR) is 131 cm³/mol. The Labute approximate surface area is 200 Å². The number of benzene rings is 2. The van der Waals surface area contributed by atoms with Gasteiger partial charge in [0.15, 0.2) is 23.2 Å². The Bertz CT molecular complexity index is 1000. The van der Waals surface area contributed by atoms with E-state index in [2.05, 4.69) is 10.2 Å². The molecule has 0 bridgehead atoms. The van der Waals surface area contributed by atoms with E-state index in [-0.39, 0.29) is 18.6 Å². The molecule has 8 heteroatoms. The standard InChI is InChI=1S/C25H31N3O4S/c1-17-7-6-8-19(13-17)24(30)27-25(33)28(20-9-4-3-5-10-20)15-18-11-12-21(22(14-18)31-2)32-16-23(26)29/h6-8,11-14,20H,3-5,9-10,15-16H2,1-2H3,(H2,26,29)(H,27,30,33). The van der Waals surface area contributed by atoms with Gasteiger partial charge in [0.2, 0.25) is 0 Å². The van der Waals surface area contributed by atoms with Gasteiger partial charge < -0.3 is 20.1 Å². The van der Waals surface area contributed by atoms with E-state index in [0.29, 0.717) is 28.7 Å². The van der Waals surface area contributed by atoms with E-state index >= 15 is 0 Å². The van der Waals surface area contributed by atoms with Crippen LogP contribution in [0, 0.1) is 6.92 Å². The third kappa shape index (κ3) is 6.92. The Morgan fingerprint density at radius 2 is 1.88 bits per heavy atom. The first-order valence-electron chi connectivity index (χ1n) is 11.1. The van der Waals surface area contributed by atoms with Gasteiger partial charge in [-0.3, -0.25) is 14.9 Å². The minimum absolute atomic E-state index is 0.211. The minimum Gasteiger partial charge on any atom is -0.493 e. The molecule has 33 heavy (non-hydrogen) atoms. The van der Waals surface area contributed by atoms with E-state index in [0.717, 1.165) is 36.8 Å². The number of thiocarbonyl (C=S) groups is 1. The first-order valence-corrected chi connectivity index (χ1v) is 11.5. The number of carbonyl (C=O) groups excluding carboxylic acids is 2. The lowest BCUT2D eigenvalue weighted by molar-refractivity contribution is -0.119. The monoisotopic (exact) mass is 469 g/mol. The number of carbonyl (C=O) groups is 2. The van der Waals surface area contributed by atoms with Crippen molar-refractivity contribution in [1.29, 1.82) is 0 Å². The Morgan fingerprint density at radius 1 is 1.12 bits per heavy atom. The molecule has 3 rings (SSSR count). The molecule has 0 saturated heterocycles. The molecule has 1 aliphatic rings. The maximum atomic E-state index is 12.8. The molecule has 3 N–H and O–H groups in total. The Balaban J connectivity index is 1.78. The number of nitrogens with two attached hydrogens (primary N) is 1. The molecule has 0 aromatic heterocycles. The summed E-state index contributed by atoms with van der Waals surface area (Å²) in [5.74, 6) is 0.184. The van der Waals surface area contributed by atoms with Crippen LogP contribution in [0.15, 0.2) is 42.5 Å². The number of hydrogen-bond acceptors (Lipinski definition) is 5. The summed E-state index contributed by atoms with van der Waals surface area (Å²) >= 11 is 5.71. The molecule has 176 valence electrons. The highest BCUT2D eigenvalue weighted by molar-refractivity contribution is 7.80. The van der Waals surface area contributed by atoms with Crippen molar-refractivity contribution in [3.63, 3.8) is 0 Å². The topological polar surface area (TPSA) is 93.9 Å². The number of amides is 2. The van der Waals surface area contributed by atoms with Crippen molar-refractivity contribution in [3.05, 3.63) is 59.2 Å². The molecular weight excluding hydrogens is 438 g/mol. The van der Waals surface area contributed by atoms with E-state index in [4.69, 9.17) is 27.4 Å². The molecule has 2 aromatic carbocycles. The number of rotatable bonds is 8. The van der Waals surface area contributed by atoms with Crippen molar-refractivity contribution >= 4 is 29.1 Å². The molecular formula is C25H31N3O4S. The third-order valence-corrected chi connectivity index (χ3v) is 6.06. The number of hydrogen-bond donors (Lipinski definition) is 2. The highest BCUT2D eigenvalue weighted by Gasteiger charge is 2.25. The van der Waals surface area contributed by atoms with Crippen LogP contribution in [-0.2, 0) is 11.3 Å². The van der Waals surface area contributed by atoms with Crippen molar-refractivity contribution in [3.8, 4) is 11.5 Å². The summed E-state index contributed by atoms with van der Waals surface area (Å²) in [6, 6.07) is 13.2. The average molecular weight is 470 g/mol. The molecule has 0 radical (unpaired) electrons. The van der Waals surface area contributed by atoms with Crippen LogP contribution in [-0.4, -0.2) is 41.6 Å². The number of primary amides is 1. The number of ether oxygens (including phenoxy) is 2. The normalized spacial score (nSPS) is 13.8. The van der Waals surface area contributed by atoms with Crippen LogP contribution in [0.3, 0.4) is 0 Å². The summed E-state index contributed by atoms with van der Waals surface area (Å²) < 4.78 is 10.9. The molecule has 2 aromatic rings. The maximum absolute atomic E-state index is 12.8. The molecule has 1 fully saturated rings. The minimum atomic E-state index is -0.556. The zero-order chi connectivity index (χ0) is 23.8. The van der Waals surface area contributed by atoms with E-state index < -0.39 is 5.91 Å². The van der Waals surface area contributed by atoms with Gasteiger partial charge in [-0.2, -0.15) is 0 Å². The molecule has 1 aliphatic carbocycles. The summed E-state index contributed by atoms with van der Waals surface area (Å²) in [6.45, 7) is 2.25. The van der Waals surface area contributed by atoms with Crippen molar-refractivity contribution in [2.24, 2.45) is 5.73 Å². The van der Waals surface area contributed by atoms with E-state index in [1.165, 1.54) is 6.42 Å². The number of aryl methyl sites for hydroxylation is 1. The van der Waals surface area contributed by atoms with Crippen molar-refractivity contribution < 1.29 is 19.1 Å². The summed E-state index contributed by atoms with van der Waals surface area (Å²) in [5, 5.41) is 3.34. The smallest absolute Gasteiger partial charge is 0.257 e. The van der Waals surface area contributed by atoms with Crippen LogP contribution < -0.4 is 20.5 Å². The number of nitrogens with zero attached hydrogens (tertiary/aromatic N) is 1. The fourth-order valence-electron chi connectivity index (χ4n) is 4.06. The second kappa shape index (κ2) is 11.7. The van der Waals surface area contributed by atoms with E-state index in [1.54, 1.807) is 19.2 Å². The second-order valence-electron chi connectivity index (χ2n) is 8.29. The SMILES string of the molecule is COc1cc(CN(C(=S)NC(=O)c2cccc(C)c2)C2CCCCC2)ccc1OCC(N)=O. The quantitative estimate of drug-likeness (QED) is 0.573. The number of nitrogens with one attached hydrogen (secondary N) is 1. The molecule has 1 saturated carbocycles. The lowest BCUT2D eigenvalue weighted by Gasteiger charge is -2.36. The average Bonchev–Trinajstić information content (AvgIpc) is 2.81. The molecule has 0 spiro atoms. The molecule has 7 nitrogen and oxygen atoms in total. The summed E-state index contributed by atoms with van der Waals surface area (Å²) in [5.41, 5.74) is 7.73. The molecule has 2 amide bonds. The van der Waals surface area contributed by atoms with Gasteiger partial charge in [0.1, 0.15) is 0 Å². The lowest BCUT2D eigenvalue weighted by Crippen LogP contribution is -2.48. The lowest BCUT2D eigenvalue weighted by atomic mass is 9.94. The largest absolute Gasteiger partial charge is 0.493 e. The van der Waals surface area contributed by atoms with Crippen LogP contribution in [0.25, 0.3) is 0 Å². The van der Waals surface area contributed by atoms with Crippen LogP contribution in [0.1, 0.15) is 53.6 Å². The second-order valence-corrected chi connectivity index (χ2v) is 8.68. The summed E-state index contributed by atoms with van der Waals surface area (Å²) in [7, 11) is 1.54. The Kier molecular flexibility index (Phi) is 8.65. The Hall–Kier alpha value is -3.13. The predicted octanol–water partition coefficient (Wildman–Crippen LogP) is 3.72. The van der Waals surface area contributed by atoms with Gasteiger partial charge in [0, 0.05) is 18.2 Å². The van der Waals surface area contributed by atoms with Crippen molar-refractivity contribution in [2.45, 2.75) is 51.6 Å². The molecule has 0 atom stereocenters. The van der Waals surface area contributed by atoms with Gasteiger partial charge in [0.25, 0.3) is 11.8 Å².